The van der Waals surface area contributed by atoms with Crippen molar-refractivity contribution in [1.82, 2.24) is 0 Å². The van der Waals surface area contributed by atoms with Gasteiger partial charge < -0.3 is 9.94 Å². The van der Waals surface area contributed by atoms with E-state index >= 15 is 0 Å². The first kappa shape index (κ1) is 14.2. The second kappa shape index (κ2) is 6.79. The Morgan fingerprint density at radius 3 is 2.50 bits per heavy atom. The molecule has 1 aromatic carbocycles. The molecule has 0 spiro atoms. The van der Waals surface area contributed by atoms with Crippen LogP contribution in [-0.4, -0.2) is 22.9 Å². The van der Waals surface area contributed by atoms with Crippen molar-refractivity contribution in [1.29, 1.82) is 0 Å². The van der Waals surface area contributed by atoms with E-state index in [4.69, 9.17) is 9.94 Å². The Hall–Kier alpha value is -1.84. The van der Waals surface area contributed by atoms with Crippen LogP contribution in [0, 0.1) is 0 Å². The Bertz CT molecular complexity index is 423. The van der Waals surface area contributed by atoms with E-state index in [1.165, 1.54) is 0 Å². The minimum Gasteiger partial charge on any atom is -0.481 e. The number of carboxylic acid groups (broad SMARTS) is 1. The molecule has 0 bridgehead atoms. The van der Waals surface area contributed by atoms with Crippen molar-refractivity contribution in [2.45, 2.75) is 39.7 Å². The average molecular weight is 249 g/mol. The molecule has 0 aliphatic rings. The van der Waals surface area contributed by atoms with Gasteiger partial charge in [-0.1, -0.05) is 36.3 Å². The van der Waals surface area contributed by atoms with Crippen molar-refractivity contribution < 1.29 is 14.7 Å². The molecule has 1 N–H and O–H groups in total. The van der Waals surface area contributed by atoms with Gasteiger partial charge in [-0.3, -0.25) is 4.79 Å². The number of hydrogen-bond acceptors (Lipinski definition) is 3. The summed E-state index contributed by atoms with van der Waals surface area (Å²) in [6.45, 7) is 5.87. The van der Waals surface area contributed by atoms with Crippen LogP contribution in [0.25, 0.3) is 0 Å². The van der Waals surface area contributed by atoms with Gasteiger partial charge in [-0.15, -0.1) is 0 Å². The number of oxime groups is 1. The summed E-state index contributed by atoms with van der Waals surface area (Å²) in [5.41, 5.74) is 2.51. The molecule has 4 nitrogen and oxygen atoms in total. The van der Waals surface area contributed by atoms with Gasteiger partial charge in [0.1, 0.15) is 6.10 Å². The number of rotatable bonds is 6. The molecule has 0 aliphatic heterocycles. The lowest BCUT2D eigenvalue weighted by Crippen LogP contribution is -2.05. The standard InChI is InChI=1S/C14H19NO3/c1-4-10(2)18-15-11(3)13-7-5-12(6-8-13)9-14(16)17/h5-8,10H,4,9H2,1-3H3,(H,16,17)/b15-11-. The maximum absolute atomic E-state index is 10.6. The van der Waals surface area contributed by atoms with Gasteiger partial charge >= 0.3 is 5.97 Å². The van der Waals surface area contributed by atoms with Gasteiger partial charge in [-0.2, -0.15) is 0 Å². The molecular formula is C14H19NO3. The minimum atomic E-state index is -0.826. The molecule has 0 radical (unpaired) electrons. The molecule has 0 amide bonds. The number of carboxylic acids is 1. The zero-order chi connectivity index (χ0) is 13.5. The normalized spacial score (nSPS) is 13.2. The highest BCUT2D eigenvalue weighted by molar-refractivity contribution is 5.98. The molecule has 0 saturated carbocycles. The Labute approximate surface area is 107 Å². The molecule has 4 heteroatoms. The lowest BCUT2D eigenvalue weighted by molar-refractivity contribution is -0.136. The molecule has 0 aromatic heterocycles. The van der Waals surface area contributed by atoms with Crippen LogP contribution in [-0.2, 0) is 16.1 Å². The van der Waals surface area contributed by atoms with E-state index in [0.717, 1.165) is 23.3 Å². The molecule has 0 heterocycles. The Kier molecular flexibility index (Phi) is 5.36. The summed E-state index contributed by atoms with van der Waals surface area (Å²) in [5.74, 6) is -0.826. The van der Waals surface area contributed by atoms with Crippen LogP contribution in [0.2, 0.25) is 0 Å². The molecule has 1 rings (SSSR count). The van der Waals surface area contributed by atoms with E-state index in [9.17, 15) is 4.79 Å². The summed E-state index contributed by atoms with van der Waals surface area (Å²) >= 11 is 0. The predicted octanol–water partition coefficient (Wildman–Crippen LogP) is 2.85. The van der Waals surface area contributed by atoms with Crippen LogP contribution >= 0.6 is 0 Å². The number of aliphatic carboxylic acids is 1. The number of carbonyl (C=O) groups is 1. The van der Waals surface area contributed by atoms with E-state index in [-0.39, 0.29) is 12.5 Å². The topological polar surface area (TPSA) is 58.9 Å². The van der Waals surface area contributed by atoms with Crippen molar-refractivity contribution in [2.75, 3.05) is 0 Å². The quantitative estimate of drug-likeness (QED) is 0.623. The van der Waals surface area contributed by atoms with Gasteiger partial charge in [-0.05, 0) is 31.4 Å². The molecule has 1 atom stereocenters. The molecule has 1 aromatic rings. The van der Waals surface area contributed by atoms with Gasteiger partial charge in [0, 0.05) is 0 Å². The highest BCUT2D eigenvalue weighted by atomic mass is 16.6. The fourth-order valence-electron chi connectivity index (χ4n) is 1.33. The monoisotopic (exact) mass is 249 g/mol. The number of hydrogen-bond donors (Lipinski definition) is 1. The summed E-state index contributed by atoms with van der Waals surface area (Å²) in [5, 5.41) is 12.7. The predicted molar refractivity (Wildman–Crippen MR) is 70.8 cm³/mol. The fourth-order valence-corrected chi connectivity index (χ4v) is 1.33. The summed E-state index contributed by atoms with van der Waals surface area (Å²) in [6, 6.07) is 7.31. The minimum absolute atomic E-state index is 0.0415. The Morgan fingerprint density at radius 2 is 2.00 bits per heavy atom. The van der Waals surface area contributed by atoms with Crippen LogP contribution in [0.4, 0.5) is 0 Å². The highest BCUT2D eigenvalue weighted by Crippen LogP contribution is 2.08. The first-order valence-corrected chi connectivity index (χ1v) is 6.04. The largest absolute Gasteiger partial charge is 0.481 e. The average Bonchev–Trinajstić information content (AvgIpc) is 2.35. The molecule has 98 valence electrons. The SMILES string of the molecule is CCC(C)O/N=C(/C)c1ccc(CC(=O)O)cc1. The van der Waals surface area contributed by atoms with Crippen LogP contribution in [0.5, 0.6) is 0 Å². The van der Waals surface area contributed by atoms with E-state index < -0.39 is 5.97 Å². The summed E-state index contributed by atoms with van der Waals surface area (Å²) < 4.78 is 0. The first-order valence-electron chi connectivity index (χ1n) is 6.04. The van der Waals surface area contributed by atoms with E-state index in [1.807, 2.05) is 32.9 Å². The molecule has 0 fully saturated rings. The zero-order valence-corrected chi connectivity index (χ0v) is 11.0. The molecule has 0 aliphatic carbocycles. The second-order valence-electron chi connectivity index (χ2n) is 4.27. The molecular weight excluding hydrogens is 230 g/mol. The summed E-state index contributed by atoms with van der Waals surface area (Å²) in [4.78, 5) is 15.9. The van der Waals surface area contributed by atoms with Gasteiger partial charge in [0.05, 0.1) is 12.1 Å². The third-order valence-electron chi connectivity index (χ3n) is 2.67. The van der Waals surface area contributed by atoms with Gasteiger partial charge in [-0.25, -0.2) is 0 Å². The maximum atomic E-state index is 10.6. The Balaban J connectivity index is 2.69. The summed E-state index contributed by atoms with van der Waals surface area (Å²) in [7, 11) is 0. The van der Waals surface area contributed by atoms with Crippen molar-refractivity contribution >= 4 is 11.7 Å². The first-order chi connectivity index (χ1) is 8.52. The summed E-state index contributed by atoms with van der Waals surface area (Å²) in [6.07, 6.45) is 1.06. The van der Waals surface area contributed by atoms with Gasteiger partial charge in [0.25, 0.3) is 0 Å². The van der Waals surface area contributed by atoms with Crippen LogP contribution in [0.15, 0.2) is 29.4 Å². The molecule has 18 heavy (non-hydrogen) atoms. The lowest BCUT2D eigenvalue weighted by Gasteiger charge is -2.07. The van der Waals surface area contributed by atoms with Crippen molar-refractivity contribution in [2.24, 2.45) is 5.16 Å². The number of benzene rings is 1. The molecule has 1 unspecified atom stereocenters. The van der Waals surface area contributed by atoms with Crippen LogP contribution in [0.3, 0.4) is 0 Å². The van der Waals surface area contributed by atoms with Gasteiger partial charge in [0.2, 0.25) is 0 Å². The van der Waals surface area contributed by atoms with E-state index in [2.05, 4.69) is 5.16 Å². The fraction of sp³-hybridized carbons (Fsp3) is 0.429. The van der Waals surface area contributed by atoms with E-state index in [0.29, 0.717) is 0 Å². The molecule has 0 saturated heterocycles. The smallest absolute Gasteiger partial charge is 0.307 e. The van der Waals surface area contributed by atoms with Crippen LogP contribution in [0.1, 0.15) is 38.3 Å². The highest BCUT2D eigenvalue weighted by Gasteiger charge is 2.03. The van der Waals surface area contributed by atoms with Crippen molar-refractivity contribution in [3.8, 4) is 0 Å². The Morgan fingerprint density at radius 1 is 1.39 bits per heavy atom. The van der Waals surface area contributed by atoms with Crippen molar-refractivity contribution in [3.05, 3.63) is 35.4 Å². The third kappa shape index (κ3) is 4.57. The number of nitrogens with zero attached hydrogens (tertiary/aromatic N) is 1. The van der Waals surface area contributed by atoms with Crippen molar-refractivity contribution in [3.63, 3.8) is 0 Å². The van der Waals surface area contributed by atoms with E-state index in [1.54, 1.807) is 12.1 Å². The van der Waals surface area contributed by atoms with Crippen LogP contribution < -0.4 is 0 Å². The lowest BCUT2D eigenvalue weighted by atomic mass is 10.1. The zero-order valence-electron chi connectivity index (χ0n) is 11.0. The van der Waals surface area contributed by atoms with Gasteiger partial charge in [0.15, 0.2) is 0 Å². The third-order valence-corrected chi connectivity index (χ3v) is 2.67. The maximum Gasteiger partial charge on any atom is 0.307 e. The second-order valence-corrected chi connectivity index (χ2v) is 4.27.